The molecule has 0 spiro atoms. The van der Waals surface area contributed by atoms with Crippen LogP contribution < -0.4 is 5.32 Å². The fraction of sp³-hybridized carbons (Fsp3) is 0.429. The first-order valence-electron chi connectivity index (χ1n) is 3.14. The Balaban J connectivity index is 2.28. The number of hydrogen-bond donors (Lipinski definition) is 1. The Hall–Kier alpha value is -0.760. The molecule has 1 aliphatic rings. The fourth-order valence-corrected chi connectivity index (χ4v) is 0.710. The monoisotopic (exact) mass is 125 g/mol. The van der Waals surface area contributed by atoms with Crippen molar-refractivity contribution in [3.05, 3.63) is 24.4 Å². The minimum absolute atomic E-state index is 0.0833. The van der Waals surface area contributed by atoms with Crippen molar-refractivity contribution in [2.45, 2.75) is 13.2 Å². The topological polar surface area (TPSA) is 21.3 Å². The predicted molar refractivity (Wildman–Crippen MR) is 36.8 cm³/mol. The largest absolute Gasteiger partial charge is 0.363 e. The zero-order chi connectivity index (χ0) is 6.53. The van der Waals surface area contributed by atoms with Crippen LogP contribution in [0.25, 0.3) is 0 Å². The van der Waals surface area contributed by atoms with E-state index in [0.717, 1.165) is 6.61 Å². The minimum Gasteiger partial charge on any atom is -0.363 e. The van der Waals surface area contributed by atoms with E-state index in [0.29, 0.717) is 0 Å². The lowest BCUT2D eigenvalue weighted by molar-refractivity contribution is 0.0815. The summed E-state index contributed by atoms with van der Waals surface area (Å²) in [6.45, 7) is 2.73. The van der Waals surface area contributed by atoms with Crippen LogP contribution in [0.15, 0.2) is 24.4 Å². The van der Waals surface area contributed by atoms with Gasteiger partial charge in [-0.15, -0.1) is 0 Å². The highest BCUT2D eigenvalue weighted by Crippen LogP contribution is 1.94. The molecule has 1 aliphatic heterocycles. The van der Waals surface area contributed by atoms with E-state index in [4.69, 9.17) is 4.74 Å². The Morgan fingerprint density at radius 1 is 1.56 bits per heavy atom. The summed E-state index contributed by atoms with van der Waals surface area (Å²) >= 11 is 0. The summed E-state index contributed by atoms with van der Waals surface area (Å²) in [5.74, 6) is 0. The first-order valence-corrected chi connectivity index (χ1v) is 3.14. The number of rotatable bonds is 2. The molecule has 0 aliphatic carbocycles. The van der Waals surface area contributed by atoms with Gasteiger partial charge in [-0.3, -0.25) is 0 Å². The highest BCUT2D eigenvalue weighted by Gasteiger charge is 1.99. The van der Waals surface area contributed by atoms with Gasteiger partial charge in [0.25, 0.3) is 0 Å². The predicted octanol–water partition coefficient (Wildman–Crippen LogP) is 1.02. The smallest absolute Gasteiger partial charge is 0.146 e. The number of dihydropyridines is 1. The first kappa shape index (κ1) is 6.36. The molecule has 1 unspecified atom stereocenters. The van der Waals surface area contributed by atoms with Gasteiger partial charge in [0.05, 0.1) is 0 Å². The van der Waals surface area contributed by atoms with Crippen LogP contribution in [0.4, 0.5) is 0 Å². The summed E-state index contributed by atoms with van der Waals surface area (Å²) in [4.78, 5) is 0. The van der Waals surface area contributed by atoms with Crippen LogP contribution >= 0.6 is 0 Å². The average molecular weight is 125 g/mol. The second kappa shape index (κ2) is 3.30. The maximum absolute atomic E-state index is 5.23. The number of hydrogen-bond acceptors (Lipinski definition) is 2. The van der Waals surface area contributed by atoms with Gasteiger partial charge in [-0.25, -0.2) is 0 Å². The molecule has 2 heteroatoms. The lowest BCUT2D eigenvalue weighted by Crippen LogP contribution is -2.26. The van der Waals surface area contributed by atoms with Crippen molar-refractivity contribution in [3.63, 3.8) is 0 Å². The molecule has 0 saturated heterocycles. The molecule has 0 fully saturated rings. The molecule has 1 N–H and O–H groups in total. The first-order chi connectivity index (χ1) is 4.43. The molecule has 9 heavy (non-hydrogen) atoms. The molecule has 0 amide bonds. The zero-order valence-electron chi connectivity index (χ0n) is 5.50. The van der Waals surface area contributed by atoms with E-state index < -0.39 is 0 Å². The maximum Gasteiger partial charge on any atom is 0.146 e. The van der Waals surface area contributed by atoms with Crippen LogP contribution in [0.3, 0.4) is 0 Å². The van der Waals surface area contributed by atoms with Crippen molar-refractivity contribution in [1.29, 1.82) is 0 Å². The highest BCUT2D eigenvalue weighted by molar-refractivity contribution is 5.09. The van der Waals surface area contributed by atoms with Gasteiger partial charge in [-0.2, -0.15) is 0 Å². The summed E-state index contributed by atoms with van der Waals surface area (Å²) < 4.78 is 5.23. The molecule has 0 aromatic heterocycles. The Kier molecular flexibility index (Phi) is 2.33. The normalized spacial score (nSPS) is 23.9. The Morgan fingerprint density at radius 3 is 3.00 bits per heavy atom. The molecule has 1 heterocycles. The lowest BCUT2D eigenvalue weighted by atomic mass is 10.4. The molecule has 0 saturated carbocycles. The second-order valence-electron chi connectivity index (χ2n) is 1.79. The Labute approximate surface area is 55.2 Å². The number of ether oxygens (including phenoxy) is 1. The third-order valence-electron chi connectivity index (χ3n) is 1.10. The SMILES string of the molecule is CCOC1C=CC=CN1. The molecule has 2 nitrogen and oxygen atoms in total. The van der Waals surface area contributed by atoms with Gasteiger partial charge in [0.15, 0.2) is 0 Å². The van der Waals surface area contributed by atoms with Gasteiger partial charge in [0.1, 0.15) is 6.23 Å². The molecular formula is C7H11NO. The van der Waals surface area contributed by atoms with Gasteiger partial charge >= 0.3 is 0 Å². The molecule has 0 aromatic carbocycles. The van der Waals surface area contributed by atoms with E-state index in [1.807, 2.05) is 31.4 Å². The summed E-state index contributed by atoms with van der Waals surface area (Å²) in [5.41, 5.74) is 0. The van der Waals surface area contributed by atoms with Gasteiger partial charge in [-0.05, 0) is 25.3 Å². The summed E-state index contributed by atoms with van der Waals surface area (Å²) in [6.07, 6.45) is 7.84. The summed E-state index contributed by atoms with van der Waals surface area (Å²) in [6, 6.07) is 0. The Morgan fingerprint density at radius 2 is 2.44 bits per heavy atom. The van der Waals surface area contributed by atoms with Crippen molar-refractivity contribution in [2.75, 3.05) is 6.61 Å². The van der Waals surface area contributed by atoms with Gasteiger partial charge in [0, 0.05) is 6.61 Å². The van der Waals surface area contributed by atoms with Gasteiger partial charge in [-0.1, -0.05) is 6.08 Å². The molecule has 1 atom stereocenters. The van der Waals surface area contributed by atoms with E-state index in [1.165, 1.54) is 0 Å². The zero-order valence-corrected chi connectivity index (χ0v) is 5.50. The molecule has 0 bridgehead atoms. The van der Waals surface area contributed by atoms with Crippen molar-refractivity contribution < 1.29 is 4.74 Å². The fourth-order valence-electron chi connectivity index (χ4n) is 0.710. The average Bonchev–Trinajstić information content (AvgIpc) is 1.91. The maximum atomic E-state index is 5.23. The van der Waals surface area contributed by atoms with Crippen molar-refractivity contribution in [2.24, 2.45) is 0 Å². The van der Waals surface area contributed by atoms with Gasteiger partial charge < -0.3 is 10.1 Å². The minimum atomic E-state index is 0.0833. The third-order valence-corrected chi connectivity index (χ3v) is 1.10. The third kappa shape index (κ3) is 1.90. The lowest BCUT2D eigenvalue weighted by Gasteiger charge is -2.14. The van der Waals surface area contributed by atoms with E-state index >= 15 is 0 Å². The van der Waals surface area contributed by atoms with Gasteiger partial charge in [0.2, 0.25) is 0 Å². The van der Waals surface area contributed by atoms with Crippen LogP contribution in [-0.2, 0) is 4.74 Å². The molecule has 0 aromatic rings. The Bertz CT molecular complexity index is 129. The van der Waals surface area contributed by atoms with Crippen molar-refractivity contribution >= 4 is 0 Å². The van der Waals surface area contributed by atoms with E-state index in [1.54, 1.807) is 0 Å². The molecular weight excluding hydrogens is 114 g/mol. The van der Waals surface area contributed by atoms with E-state index in [9.17, 15) is 0 Å². The molecule has 0 radical (unpaired) electrons. The van der Waals surface area contributed by atoms with Crippen LogP contribution in [0.2, 0.25) is 0 Å². The number of nitrogens with one attached hydrogen (secondary N) is 1. The number of allylic oxidation sites excluding steroid dienone is 2. The highest BCUT2D eigenvalue weighted by atomic mass is 16.5. The van der Waals surface area contributed by atoms with Crippen molar-refractivity contribution in [1.82, 2.24) is 5.32 Å². The van der Waals surface area contributed by atoms with Crippen LogP contribution in [0.5, 0.6) is 0 Å². The summed E-state index contributed by atoms with van der Waals surface area (Å²) in [5, 5.41) is 3.03. The van der Waals surface area contributed by atoms with Crippen molar-refractivity contribution in [3.8, 4) is 0 Å². The van der Waals surface area contributed by atoms with Crippen LogP contribution in [-0.4, -0.2) is 12.8 Å². The second-order valence-corrected chi connectivity index (χ2v) is 1.79. The standard InChI is InChI=1S/C7H11NO/c1-2-9-7-5-3-4-6-8-7/h3-8H,2H2,1H3. The van der Waals surface area contributed by atoms with E-state index in [-0.39, 0.29) is 6.23 Å². The molecule has 50 valence electrons. The quantitative estimate of drug-likeness (QED) is 0.595. The molecule has 1 rings (SSSR count). The van der Waals surface area contributed by atoms with Crippen LogP contribution in [0, 0.1) is 0 Å². The van der Waals surface area contributed by atoms with E-state index in [2.05, 4.69) is 5.32 Å². The van der Waals surface area contributed by atoms with Crippen LogP contribution in [0.1, 0.15) is 6.92 Å². The summed E-state index contributed by atoms with van der Waals surface area (Å²) in [7, 11) is 0.